The van der Waals surface area contributed by atoms with E-state index in [9.17, 15) is 14.4 Å². The van der Waals surface area contributed by atoms with Crippen LogP contribution in [-0.4, -0.2) is 46.0 Å². The van der Waals surface area contributed by atoms with Gasteiger partial charge in [-0.1, -0.05) is 0 Å². The van der Waals surface area contributed by atoms with Crippen LogP contribution in [0.5, 0.6) is 0 Å². The molecule has 0 amide bonds. The Morgan fingerprint density at radius 1 is 1.00 bits per heavy atom. The van der Waals surface area contributed by atoms with Crippen LogP contribution in [0, 0.1) is 0 Å². The number of rotatable bonds is 7. The first-order chi connectivity index (χ1) is 9.83. The molecule has 9 heteroatoms. The smallest absolute Gasteiger partial charge is 0.309 e. The van der Waals surface area contributed by atoms with Gasteiger partial charge >= 0.3 is 17.9 Å². The molecule has 1 aliphatic heterocycles. The SMILES string of the molecule is NCC1=C(CC(=O)O)NC(CC(=O)O)=C(CC(=O)O)N=C1. The molecule has 0 aromatic heterocycles. The van der Waals surface area contributed by atoms with E-state index in [-0.39, 0.29) is 23.6 Å². The third kappa shape index (κ3) is 5.07. The third-order valence-corrected chi connectivity index (χ3v) is 2.61. The van der Waals surface area contributed by atoms with Gasteiger partial charge in [0, 0.05) is 29.7 Å². The average molecular weight is 297 g/mol. The molecule has 0 atom stereocenters. The van der Waals surface area contributed by atoms with Crippen molar-refractivity contribution in [2.24, 2.45) is 10.7 Å². The van der Waals surface area contributed by atoms with E-state index in [4.69, 9.17) is 21.1 Å². The van der Waals surface area contributed by atoms with Crippen LogP contribution < -0.4 is 11.1 Å². The van der Waals surface area contributed by atoms with E-state index in [2.05, 4.69) is 10.3 Å². The summed E-state index contributed by atoms with van der Waals surface area (Å²) < 4.78 is 0. The molecule has 0 aliphatic carbocycles. The van der Waals surface area contributed by atoms with E-state index in [1.165, 1.54) is 6.21 Å². The molecule has 6 N–H and O–H groups in total. The summed E-state index contributed by atoms with van der Waals surface area (Å²) in [5.41, 5.74) is 6.14. The Bertz CT molecular complexity index is 561. The second-order valence-corrected chi connectivity index (χ2v) is 4.23. The summed E-state index contributed by atoms with van der Waals surface area (Å²) in [4.78, 5) is 36.4. The Morgan fingerprint density at radius 3 is 2.00 bits per heavy atom. The van der Waals surface area contributed by atoms with E-state index in [1.807, 2.05) is 0 Å². The van der Waals surface area contributed by atoms with E-state index in [0.717, 1.165) is 0 Å². The summed E-state index contributed by atoms with van der Waals surface area (Å²) in [6.45, 7) is -0.0141. The molecule has 0 saturated carbocycles. The van der Waals surface area contributed by atoms with E-state index in [0.29, 0.717) is 5.57 Å². The third-order valence-electron chi connectivity index (χ3n) is 2.61. The van der Waals surface area contributed by atoms with Gasteiger partial charge in [0.25, 0.3) is 0 Å². The predicted molar refractivity (Wildman–Crippen MR) is 71.5 cm³/mol. The van der Waals surface area contributed by atoms with E-state index < -0.39 is 37.2 Å². The number of carboxylic acid groups (broad SMARTS) is 3. The molecule has 9 nitrogen and oxygen atoms in total. The maximum atomic E-state index is 10.9. The van der Waals surface area contributed by atoms with Crippen LogP contribution in [0.1, 0.15) is 19.3 Å². The van der Waals surface area contributed by atoms with Gasteiger partial charge in [0.1, 0.15) is 0 Å². The normalized spacial score (nSPS) is 14.7. The van der Waals surface area contributed by atoms with Gasteiger partial charge in [0.15, 0.2) is 0 Å². The van der Waals surface area contributed by atoms with Crippen LogP contribution >= 0.6 is 0 Å². The zero-order valence-corrected chi connectivity index (χ0v) is 11.0. The second kappa shape index (κ2) is 7.20. The Hall–Kier alpha value is -2.68. The van der Waals surface area contributed by atoms with Crippen molar-refractivity contribution in [1.82, 2.24) is 5.32 Å². The van der Waals surface area contributed by atoms with Gasteiger partial charge in [-0.15, -0.1) is 0 Å². The lowest BCUT2D eigenvalue weighted by molar-refractivity contribution is -0.137. The van der Waals surface area contributed by atoms with E-state index >= 15 is 0 Å². The van der Waals surface area contributed by atoms with Crippen molar-refractivity contribution in [2.45, 2.75) is 19.3 Å². The average Bonchev–Trinajstić information content (AvgIpc) is 2.48. The number of hydrogen-bond acceptors (Lipinski definition) is 6. The zero-order chi connectivity index (χ0) is 16.0. The first-order valence-corrected chi connectivity index (χ1v) is 5.94. The fourth-order valence-corrected chi connectivity index (χ4v) is 1.72. The molecule has 0 aromatic rings. The number of nitrogens with one attached hydrogen (secondary N) is 1. The number of carboxylic acids is 3. The largest absolute Gasteiger partial charge is 0.481 e. The monoisotopic (exact) mass is 297 g/mol. The van der Waals surface area contributed by atoms with Crippen molar-refractivity contribution >= 4 is 24.1 Å². The number of nitrogens with zero attached hydrogens (tertiary/aromatic N) is 1. The summed E-state index contributed by atoms with van der Waals surface area (Å²) in [5, 5.41) is 29.2. The van der Waals surface area contributed by atoms with Crippen LogP contribution in [0.25, 0.3) is 0 Å². The molecule has 0 bridgehead atoms. The van der Waals surface area contributed by atoms with Crippen LogP contribution in [0.2, 0.25) is 0 Å². The Kier molecular flexibility index (Phi) is 5.61. The molecule has 0 saturated heterocycles. The van der Waals surface area contributed by atoms with Gasteiger partial charge in [-0.3, -0.25) is 19.4 Å². The molecule has 0 unspecified atom stereocenters. The van der Waals surface area contributed by atoms with Gasteiger partial charge in [-0.25, -0.2) is 0 Å². The van der Waals surface area contributed by atoms with Crippen molar-refractivity contribution in [2.75, 3.05) is 6.54 Å². The van der Waals surface area contributed by atoms with Crippen molar-refractivity contribution in [1.29, 1.82) is 0 Å². The van der Waals surface area contributed by atoms with E-state index in [1.54, 1.807) is 0 Å². The maximum absolute atomic E-state index is 10.9. The molecule has 0 fully saturated rings. The van der Waals surface area contributed by atoms with Gasteiger partial charge < -0.3 is 26.4 Å². The molecule has 1 heterocycles. The summed E-state index contributed by atoms with van der Waals surface area (Å²) in [6, 6.07) is 0. The summed E-state index contributed by atoms with van der Waals surface area (Å²) in [5.74, 6) is -3.50. The molecular weight excluding hydrogens is 282 g/mol. The molecule has 114 valence electrons. The molecule has 21 heavy (non-hydrogen) atoms. The molecule has 0 radical (unpaired) electrons. The molecule has 1 rings (SSSR count). The van der Waals surface area contributed by atoms with Gasteiger partial charge in [0.2, 0.25) is 0 Å². The first kappa shape index (κ1) is 16.4. The standard InChI is InChI=1S/C12H15N3O6/c13-4-6-5-14-8(2-11(18)19)9(3-12(20)21)15-7(6)1-10(16)17/h5,15H,1-4,13H2,(H,16,17)(H,18,19)(H,20,21). The number of aliphatic carboxylic acids is 3. The van der Waals surface area contributed by atoms with Gasteiger partial charge in [0.05, 0.1) is 25.0 Å². The zero-order valence-electron chi connectivity index (χ0n) is 11.0. The van der Waals surface area contributed by atoms with Gasteiger partial charge in [-0.05, 0) is 0 Å². The quantitative estimate of drug-likeness (QED) is 0.420. The lowest BCUT2D eigenvalue weighted by Gasteiger charge is -2.14. The fourth-order valence-electron chi connectivity index (χ4n) is 1.72. The number of carbonyl (C=O) groups is 3. The highest BCUT2D eigenvalue weighted by Gasteiger charge is 2.20. The van der Waals surface area contributed by atoms with Crippen LogP contribution in [0.3, 0.4) is 0 Å². The van der Waals surface area contributed by atoms with Crippen molar-refractivity contribution in [3.05, 3.63) is 22.7 Å². The second-order valence-electron chi connectivity index (χ2n) is 4.23. The Balaban J connectivity index is 3.21. The first-order valence-electron chi connectivity index (χ1n) is 5.94. The minimum atomic E-state index is -1.19. The lowest BCUT2D eigenvalue weighted by Crippen LogP contribution is -2.22. The minimum Gasteiger partial charge on any atom is -0.481 e. The number of aliphatic imine (C=N–C) groups is 1. The van der Waals surface area contributed by atoms with Crippen molar-refractivity contribution in [3.8, 4) is 0 Å². The van der Waals surface area contributed by atoms with Crippen molar-refractivity contribution in [3.63, 3.8) is 0 Å². The Labute approximate surface area is 119 Å². The van der Waals surface area contributed by atoms with Crippen LogP contribution in [0.4, 0.5) is 0 Å². The highest BCUT2D eigenvalue weighted by Crippen LogP contribution is 2.19. The number of hydrogen-bond donors (Lipinski definition) is 5. The predicted octanol–water partition coefficient (Wildman–Crippen LogP) is -0.491. The lowest BCUT2D eigenvalue weighted by atomic mass is 10.1. The fraction of sp³-hybridized carbons (Fsp3) is 0.333. The van der Waals surface area contributed by atoms with Crippen molar-refractivity contribution < 1.29 is 29.7 Å². The van der Waals surface area contributed by atoms with Crippen LogP contribution in [0.15, 0.2) is 27.7 Å². The van der Waals surface area contributed by atoms with Crippen LogP contribution in [-0.2, 0) is 14.4 Å². The topological polar surface area (TPSA) is 162 Å². The highest BCUT2D eigenvalue weighted by atomic mass is 16.4. The molecule has 0 spiro atoms. The molecular formula is C12H15N3O6. The number of nitrogens with two attached hydrogens (primary N) is 1. The highest BCUT2D eigenvalue weighted by molar-refractivity contribution is 5.85. The summed E-state index contributed by atoms with van der Waals surface area (Å²) >= 11 is 0. The maximum Gasteiger partial charge on any atom is 0.309 e. The molecule has 1 aliphatic rings. The summed E-state index contributed by atoms with van der Waals surface area (Å²) in [7, 11) is 0. The Morgan fingerprint density at radius 2 is 1.52 bits per heavy atom. The summed E-state index contributed by atoms with van der Waals surface area (Å²) in [6.07, 6.45) is -0.119. The van der Waals surface area contributed by atoms with Gasteiger partial charge in [-0.2, -0.15) is 0 Å². The minimum absolute atomic E-state index is 0.0141. The molecule has 0 aromatic carbocycles.